The van der Waals surface area contributed by atoms with Crippen LogP contribution in [0.4, 0.5) is 0 Å². The fourth-order valence-corrected chi connectivity index (χ4v) is 2.74. The molecular weight excluding hydrogens is 259 g/mol. The van der Waals surface area contributed by atoms with Gasteiger partial charge in [-0.1, -0.05) is 0 Å². The minimum atomic E-state index is -3.34. The molecule has 0 saturated heterocycles. The average molecular weight is 267 g/mol. The molecule has 1 aromatic carbocycles. The molecule has 0 aromatic heterocycles. The standard InChI is InChI=1S/C9H8Cl2O3S/c10-5-6-15(13,14)8-3-1-7(2-4-8)9(11)12/h1-4H,5-6H2. The van der Waals surface area contributed by atoms with Crippen LogP contribution in [-0.2, 0) is 9.84 Å². The molecule has 0 spiro atoms. The van der Waals surface area contributed by atoms with Crippen molar-refractivity contribution >= 4 is 38.3 Å². The summed E-state index contributed by atoms with van der Waals surface area (Å²) in [7, 11) is -3.34. The Morgan fingerprint density at radius 2 is 1.73 bits per heavy atom. The third-order valence-electron chi connectivity index (χ3n) is 1.79. The van der Waals surface area contributed by atoms with Crippen LogP contribution >= 0.6 is 23.2 Å². The van der Waals surface area contributed by atoms with Crippen molar-refractivity contribution in [2.45, 2.75) is 4.90 Å². The average Bonchev–Trinajstić information content (AvgIpc) is 2.18. The van der Waals surface area contributed by atoms with Gasteiger partial charge in [-0.25, -0.2) is 8.42 Å². The van der Waals surface area contributed by atoms with Crippen LogP contribution in [0.5, 0.6) is 0 Å². The highest BCUT2D eigenvalue weighted by Gasteiger charge is 2.13. The summed E-state index contributed by atoms with van der Waals surface area (Å²) >= 11 is 10.6. The molecule has 15 heavy (non-hydrogen) atoms. The topological polar surface area (TPSA) is 51.2 Å². The van der Waals surface area contributed by atoms with Crippen LogP contribution in [0.25, 0.3) is 0 Å². The maximum atomic E-state index is 11.5. The van der Waals surface area contributed by atoms with E-state index >= 15 is 0 Å². The summed E-state index contributed by atoms with van der Waals surface area (Å²) in [6.45, 7) is 0. The van der Waals surface area contributed by atoms with Crippen molar-refractivity contribution in [3.63, 3.8) is 0 Å². The van der Waals surface area contributed by atoms with Gasteiger partial charge in [0.2, 0.25) is 0 Å². The van der Waals surface area contributed by atoms with Gasteiger partial charge in [0.1, 0.15) is 0 Å². The highest BCUT2D eigenvalue weighted by Crippen LogP contribution is 2.13. The predicted molar refractivity (Wildman–Crippen MR) is 59.4 cm³/mol. The largest absolute Gasteiger partial charge is 0.276 e. The van der Waals surface area contributed by atoms with Gasteiger partial charge in [0.15, 0.2) is 9.84 Å². The van der Waals surface area contributed by atoms with Gasteiger partial charge in [-0.3, -0.25) is 4.79 Å². The SMILES string of the molecule is O=C(Cl)c1ccc(S(=O)(=O)CCCl)cc1. The Labute approximate surface area is 97.9 Å². The second-order valence-corrected chi connectivity index (χ2v) is 5.64. The van der Waals surface area contributed by atoms with E-state index in [-0.39, 0.29) is 22.1 Å². The first-order valence-electron chi connectivity index (χ1n) is 4.06. The van der Waals surface area contributed by atoms with Crippen LogP contribution in [0.1, 0.15) is 10.4 Å². The van der Waals surface area contributed by atoms with E-state index in [2.05, 4.69) is 0 Å². The van der Waals surface area contributed by atoms with Gasteiger partial charge >= 0.3 is 0 Å². The molecule has 1 aromatic rings. The van der Waals surface area contributed by atoms with Crippen molar-refractivity contribution in [1.82, 2.24) is 0 Å². The molecular formula is C9H8Cl2O3S. The lowest BCUT2D eigenvalue weighted by atomic mass is 10.2. The molecule has 0 bridgehead atoms. The van der Waals surface area contributed by atoms with Crippen LogP contribution < -0.4 is 0 Å². The third kappa shape index (κ3) is 3.19. The van der Waals surface area contributed by atoms with E-state index in [1.54, 1.807) is 0 Å². The monoisotopic (exact) mass is 266 g/mol. The molecule has 0 N–H and O–H groups in total. The van der Waals surface area contributed by atoms with Crippen molar-refractivity contribution in [2.24, 2.45) is 0 Å². The molecule has 0 saturated carbocycles. The zero-order valence-corrected chi connectivity index (χ0v) is 9.94. The van der Waals surface area contributed by atoms with Crippen LogP contribution in [0.2, 0.25) is 0 Å². The van der Waals surface area contributed by atoms with E-state index in [4.69, 9.17) is 23.2 Å². The van der Waals surface area contributed by atoms with Crippen LogP contribution in [0.3, 0.4) is 0 Å². The Morgan fingerprint density at radius 3 is 2.13 bits per heavy atom. The summed E-state index contributed by atoms with van der Waals surface area (Å²) in [5.41, 5.74) is 0.265. The van der Waals surface area contributed by atoms with E-state index in [1.165, 1.54) is 24.3 Å². The molecule has 0 aliphatic rings. The first-order chi connectivity index (χ1) is 6.97. The third-order valence-corrected chi connectivity index (χ3v) is 4.15. The van der Waals surface area contributed by atoms with Crippen LogP contribution in [0, 0.1) is 0 Å². The minimum absolute atomic E-state index is 0.0402. The van der Waals surface area contributed by atoms with Crippen LogP contribution in [0.15, 0.2) is 29.2 Å². The molecule has 0 heterocycles. The van der Waals surface area contributed by atoms with Crippen molar-refractivity contribution in [2.75, 3.05) is 11.6 Å². The summed E-state index contributed by atoms with van der Waals surface area (Å²) < 4.78 is 23.0. The lowest BCUT2D eigenvalue weighted by Gasteiger charge is -2.02. The summed E-state index contributed by atoms with van der Waals surface area (Å²) in [5, 5.41) is -0.615. The number of hydrogen-bond donors (Lipinski definition) is 0. The highest BCUT2D eigenvalue weighted by molar-refractivity contribution is 7.91. The Balaban J connectivity index is 3.04. The molecule has 1 rings (SSSR count). The number of carbonyl (C=O) groups excluding carboxylic acids is 1. The van der Waals surface area contributed by atoms with E-state index < -0.39 is 15.1 Å². The number of halogens is 2. The smallest absolute Gasteiger partial charge is 0.252 e. The number of benzene rings is 1. The molecule has 0 aliphatic heterocycles. The maximum Gasteiger partial charge on any atom is 0.252 e. The summed E-state index contributed by atoms with van der Waals surface area (Å²) in [4.78, 5) is 10.9. The number of rotatable bonds is 4. The number of carbonyl (C=O) groups is 1. The molecule has 0 amide bonds. The fraction of sp³-hybridized carbons (Fsp3) is 0.222. The number of alkyl halides is 1. The second kappa shape index (κ2) is 4.96. The number of hydrogen-bond acceptors (Lipinski definition) is 3. The molecule has 3 nitrogen and oxygen atoms in total. The van der Waals surface area contributed by atoms with Gasteiger partial charge in [-0.2, -0.15) is 0 Å². The molecule has 0 aliphatic carbocycles. The van der Waals surface area contributed by atoms with E-state index in [0.29, 0.717) is 0 Å². The van der Waals surface area contributed by atoms with E-state index in [9.17, 15) is 13.2 Å². The van der Waals surface area contributed by atoms with Crippen molar-refractivity contribution < 1.29 is 13.2 Å². The Hall–Kier alpha value is -0.580. The van der Waals surface area contributed by atoms with Crippen molar-refractivity contribution in [3.05, 3.63) is 29.8 Å². The Bertz CT molecular complexity index is 451. The molecule has 0 atom stereocenters. The lowest BCUT2D eigenvalue weighted by molar-refractivity contribution is 0.108. The first kappa shape index (κ1) is 12.5. The quantitative estimate of drug-likeness (QED) is 0.620. The van der Waals surface area contributed by atoms with Gasteiger partial charge in [0, 0.05) is 11.4 Å². The molecule has 0 radical (unpaired) electrons. The molecule has 0 unspecified atom stereocenters. The zero-order valence-electron chi connectivity index (χ0n) is 7.61. The summed E-state index contributed by atoms with van der Waals surface area (Å²) in [6, 6.07) is 5.43. The number of sulfone groups is 1. The predicted octanol–water partition coefficient (Wildman–Crippen LogP) is 2.08. The van der Waals surface area contributed by atoms with Gasteiger partial charge < -0.3 is 0 Å². The van der Waals surface area contributed by atoms with Crippen LogP contribution in [-0.4, -0.2) is 25.3 Å². The van der Waals surface area contributed by atoms with E-state index in [1.807, 2.05) is 0 Å². The second-order valence-electron chi connectivity index (χ2n) is 2.81. The summed E-state index contributed by atoms with van der Waals surface area (Å²) in [6.07, 6.45) is 0. The Morgan fingerprint density at radius 1 is 1.20 bits per heavy atom. The van der Waals surface area contributed by atoms with Crippen molar-refractivity contribution in [3.8, 4) is 0 Å². The van der Waals surface area contributed by atoms with Crippen molar-refractivity contribution in [1.29, 1.82) is 0 Å². The lowest BCUT2D eigenvalue weighted by Crippen LogP contribution is -2.07. The van der Waals surface area contributed by atoms with Gasteiger partial charge in [-0.15, -0.1) is 11.6 Å². The first-order valence-corrected chi connectivity index (χ1v) is 6.62. The Kier molecular flexibility index (Phi) is 4.13. The zero-order chi connectivity index (χ0) is 11.5. The molecule has 82 valence electrons. The maximum absolute atomic E-state index is 11.5. The molecule has 6 heteroatoms. The van der Waals surface area contributed by atoms with Gasteiger partial charge in [-0.05, 0) is 35.9 Å². The van der Waals surface area contributed by atoms with Gasteiger partial charge in [0.25, 0.3) is 5.24 Å². The minimum Gasteiger partial charge on any atom is -0.276 e. The fourth-order valence-electron chi connectivity index (χ4n) is 1.01. The normalized spacial score (nSPS) is 11.3. The highest BCUT2D eigenvalue weighted by atomic mass is 35.5. The molecule has 0 fully saturated rings. The van der Waals surface area contributed by atoms with E-state index in [0.717, 1.165) is 0 Å². The summed E-state index contributed by atoms with van der Waals surface area (Å²) in [5.74, 6) is -0.0821. The van der Waals surface area contributed by atoms with Gasteiger partial charge in [0.05, 0.1) is 10.6 Å².